The molecule has 0 amide bonds. The summed E-state index contributed by atoms with van der Waals surface area (Å²) in [7, 11) is -4.23. The molecule has 3 N–H and O–H groups in total. The first kappa shape index (κ1) is 19.6. The van der Waals surface area contributed by atoms with Gasteiger partial charge < -0.3 is 14.9 Å². The maximum absolute atomic E-state index is 10.3. The summed E-state index contributed by atoms with van der Waals surface area (Å²) in [6.45, 7) is 1.90. The van der Waals surface area contributed by atoms with Crippen LogP contribution in [0, 0.1) is 0 Å². The fourth-order valence-electron chi connectivity index (χ4n) is 0.555. The summed E-state index contributed by atoms with van der Waals surface area (Å²) in [5.74, 6) is -1.47. The van der Waals surface area contributed by atoms with Gasteiger partial charge in [0, 0.05) is 0 Å². The molecule has 12 heavy (non-hydrogen) atoms. The number of hydrogen-bond acceptors (Lipinski definition) is 2. The van der Waals surface area contributed by atoms with Gasteiger partial charge in [-0.05, 0) is 6.42 Å². The monoisotopic (exact) mass is 216 g/mol. The second-order valence-corrected chi connectivity index (χ2v) is 3.99. The Labute approximate surface area is 117 Å². The van der Waals surface area contributed by atoms with Crippen LogP contribution in [-0.4, -0.2) is 79.9 Å². The van der Waals surface area contributed by atoms with Crippen molar-refractivity contribution in [2.75, 3.05) is 0 Å². The molecule has 0 aromatic rings. The molecule has 7 heteroatoms. The molecule has 0 aromatic carbocycles. The van der Waals surface area contributed by atoms with Crippen LogP contribution in [0.5, 0.6) is 0 Å². The summed E-state index contributed by atoms with van der Waals surface area (Å²) in [5.41, 5.74) is 0. The fourth-order valence-corrected chi connectivity index (χ4v) is 1.07. The van der Waals surface area contributed by atoms with Crippen LogP contribution in [0.1, 0.15) is 26.2 Å². The number of unbranched alkanes of at least 4 members (excludes halogenated alkanes) is 1. The van der Waals surface area contributed by atoms with Crippen molar-refractivity contribution in [1.82, 2.24) is 0 Å². The van der Waals surface area contributed by atoms with Gasteiger partial charge in [-0.2, -0.15) is 0 Å². The van der Waals surface area contributed by atoms with Crippen molar-refractivity contribution in [3.05, 3.63) is 0 Å². The molecule has 4 nitrogen and oxygen atoms in total. The summed E-state index contributed by atoms with van der Waals surface area (Å²) in [6, 6.07) is 0. The van der Waals surface area contributed by atoms with E-state index in [1.165, 1.54) is 0 Å². The summed E-state index contributed by atoms with van der Waals surface area (Å²) in [4.78, 5) is 16.7. The second kappa shape index (κ2) is 9.66. The normalized spacial score (nSPS) is 12.7. The zero-order valence-electron chi connectivity index (χ0n) is 5.90. The molecule has 66 valence electrons. The van der Waals surface area contributed by atoms with Gasteiger partial charge in [0.2, 0.25) is 0 Å². The Bertz CT molecular complexity index is 137. The molecule has 0 bridgehead atoms. The average Bonchev–Trinajstić information content (AvgIpc) is 1.80. The summed E-state index contributed by atoms with van der Waals surface area (Å²) < 4.78 is 10.3. The third kappa shape index (κ3) is 10.2. The van der Waals surface area contributed by atoms with E-state index >= 15 is 0 Å². The molecule has 0 aliphatic heterocycles. The van der Waals surface area contributed by atoms with Crippen LogP contribution >= 0.6 is 7.60 Å². The van der Waals surface area contributed by atoms with E-state index in [9.17, 15) is 4.57 Å². The van der Waals surface area contributed by atoms with Gasteiger partial charge in [0.05, 0.1) is 0 Å². The van der Waals surface area contributed by atoms with E-state index in [4.69, 9.17) is 14.9 Å². The first-order chi connectivity index (χ1) is 4.48. The topological polar surface area (TPSA) is 77.8 Å². The predicted octanol–water partition coefficient (Wildman–Crippen LogP) is -0.624. The Balaban J connectivity index is -0.000000405. The van der Waals surface area contributed by atoms with Gasteiger partial charge in [-0.15, -0.1) is 0 Å². The molecule has 0 fully saturated rings. The summed E-state index contributed by atoms with van der Waals surface area (Å²) >= 11 is 0. The molecule has 1 unspecified atom stereocenters. The van der Waals surface area contributed by atoms with Crippen LogP contribution in [0.3, 0.4) is 0 Å². The van der Waals surface area contributed by atoms with Crippen LogP contribution in [0.25, 0.3) is 0 Å². The van der Waals surface area contributed by atoms with Gasteiger partial charge in [0.15, 0.2) is 5.85 Å². The van der Waals surface area contributed by atoms with Crippen LogP contribution in [0.4, 0.5) is 0 Å². The molecule has 0 radical (unpaired) electrons. The van der Waals surface area contributed by atoms with Gasteiger partial charge in [-0.3, -0.25) is 4.57 Å². The maximum atomic E-state index is 10.3. The molecule has 0 aliphatic carbocycles. The molecule has 0 aromatic heterocycles. The van der Waals surface area contributed by atoms with Gasteiger partial charge in [0.25, 0.3) is 0 Å². The number of aliphatic hydroxyl groups excluding tert-OH is 1. The van der Waals surface area contributed by atoms with Crippen LogP contribution < -0.4 is 0 Å². The quantitative estimate of drug-likeness (QED) is 0.432. The van der Waals surface area contributed by atoms with E-state index in [1.54, 1.807) is 0 Å². The van der Waals surface area contributed by atoms with E-state index < -0.39 is 13.4 Å². The zero-order chi connectivity index (χ0) is 8.20. The number of hydrogen-bond donors (Lipinski definition) is 3. The van der Waals surface area contributed by atoms with Crippen molar-refractivity contribution < 1.29 is 19.5 Å². The van der Waals surface area contributed by atoms with Crippen LogP contribution in [0.15, 0.2) is 0 Å². The van der Waals surface area contributed by atoms with Crippen molar-refractivity contribution in [2.45, 2.75) is 32.0 Å². The Morgan fingerprint density at radius 2 is 1.75 bits per heavy atom. The molecular weight excluding hydrogens is 201 g/mol. The molecule has 0 saturated heterocycles. The van der Waals surface area contributed by atoms with E-state index in [-0.39, 0.29) is 65.5 Å². The summed E-state index contributed by atoms with van der Waals surface area (Å²) in [5, 5.41) is 8.75. The van der Waals surface area contributed by atoms with Crippen molar-refractivity contribution in [2.24, 2.45) is 0 Å². The number of aliphatic hydroxyl groups is 1. The van der Waals surface area contributed by atoms with E-state index in [1.807, 2.05) is 6.92 Å². The van der Waals surface area contributed by atoms with E-state index in [0.29, 0.717) is 6.42 Å². The molecule has 0 rings (SSSR count). The third-order valence-corrected chi connectivity index (χ3v) is 2.24. The molecule has 0 saturated carbocycles. The Kier molecular flexibility index (Phi) is 15.8. The average molecular weight is 216 g/mol. The van der Waals surface area contributed by atoms with Crippen LogP contribution in [-0.2, 0) is 4.57 Å². The zero-order valence-corrected chi connectivity index (χ0v) is 6.79. The van der Waals surface area contributed by atoms with E-state index in [2.05, 4.69) is 0 Å². The molecule has 0 spiro atoms. The molecule has 1 atom stereocenters. The fraction of sp³-hybridized carbons (Fsp3) is 1.00. The molecular formula is C5H15Na2O4P. The first-order valence-electron chi connectivity index (χ1n) is 3.21. The standard InChI is InChI=1S/C5H13O4P.2Na.2H/c1-2-3-4-5(6)10(7,8)9;;;;/h5-6H,2-4H2,1H3,(H2,7,8,9);;;;. The van der Waals surface area contributed by atoms with E-state index in [0.717, 1.165) is 6.42 Å². The minimum absolute atomic E-state index is 0. The predicted molar refractivity (Wildman–Crippen MR) is 51.9 cm³/mol. The molecule has 0 heterocycles. The Hall–Kier alpha value is 2.11. The van der Waals surface area contributed by atoms with Crippen molar-refractivity contribution in [3.8, 4) is 0 Å². The van der Waals surface area contributed by atoms with Crippen molar-refractivity contribution >= 4 is 66.7 Å². The van der Waals surface area contributed by atoms with Gasteiger partial charge >= 0.3 is 66.7 Å². The van der Waals surface area contributed by atoms with Gasteiger partial charge in [-0.25, -0.2) is 0 Å². The second-order valence-electron chi connectivity index (χ2n) is 2.21. The number of rotatable bonds is 4. The Morgan fingerprint density at radius 1 is 1.33 bits per heavy atom. The van der Waals surface area contributed by atoms with Gasteiger partial charge in [-0.1, -0.05) is 19.8 Å². The summed E-state index contributed by atoms with van der Waals surface area (Å²) in [6.07, 6.45) is 1.66. The third-order valence-electron chi connectivity index (χ3n) is 1.20. The SMILES string of the molecule is CCCCC(O)P(=O)(O)O.[NaH].[NaH]. The van der Waals surface area contributed by atoms with Crippen LogP contribution in [0.2, 0.25) is 0 Å². The van der Waals surface area contributed by atoms with Gasteiger partial charge in [0.1, 0.15) is 0 Å². The first-order valence-corrected chi connectivity index (χ1v) is 4.90. The minimum atomic E-state index is -4.23. The van der Waals surface area contributed by atoms with Crippen molar-refractivity contribution in [3.63, 3.8) is 0 Å². The molecule has 0 aliphatic rings. The van der Waals surface area contributed by atoms with Crippen molar-refractivity contribution in [1.29, 1.82) is 0 Å². The Morgan fingerprint density at radius 3 is 2.00 bits per heavy atom.